The lowest BCUT2D eigenvalue weighted by Gasteiger charge is -2.43. The molecule has 0 aromatic carbocycles. The Labute approximate surface area is 166 Å². The van der Waals surface area contributed by atoms with Gasteiger partial charge in [-0.25, -0.2) is 4.98 Å². The van der Waals surface area contributed by atoms with E-state index >= 15 is 0 Å². The van der Waals surface area contributed by atoms with Crippen LogP contribution in [0.25, 0.3) is 5.65 Å². The van der Waals surface area contributed by atoms with Gasteiger partial charge in [0.25, 0.3) is 11.5 Å². The van der Waals surface area contributed by atoms with Crippen molar-refractivity contribution in [2.24, 2.45) is 5.92 Å². The zero-order chi connectivity index (χ0) is 19.3. The molecule has 5 rings (SSSR count). The van der Waals surface area contributed by atoms with Crippen molar-refractivity contribution in [2.45, 2.75) is 18.4 Å². The first-order valence-electron chi connectivity index (χ1n) is 9.45. The van der Waals surface area contributed by atoms with Crippen LogP contribution >= 0.6 is 11.6 Å². The normalized spacial score (nSPS) is 23.4. The summed E-state index contributed by atoms with van der Waals surface area (Å²) in [7, 11) is 0. The molecule has 2 bridgehead atoms. The van der Waals surface area contributed by atoms with Crippen molar-refractivity contribution in [1.82, 2.24) is 24.6 Å². The highest BCUT2D eigenvalue weighted by atomic mass is 35.5. The second-order valence-corrected chi connectivity index (χ2v) is 7.96. The Balaban J connectivity index is 1.40. The van der Waals surface area contributed by atoms with Crippen LogP contribution in [0.5, 0.6) is 0 Å². The SMILES string of the molecule is O=C(NC[C@H]1[C@@H]2CNC[C@@H](C2)c2cccc(=O)n21)c1cn2cc(Cl)ccc2n1. The summed E-state index contributed by atoms with van der Waals surface area (Å²) < 4.78 is 3.61. The van der Waals surface area contributed by atoms with Crippen LogP contribution in [-0.4, -0.2) is 39.5 Å². The van der Waals surface area contributed by atoms with Crippen molar-refractivity contribution >= 4 is 23.2 Å². The molecule has 0 saturated carbocycles. The molecule has 3 aromatic heterocycles. The molecule has 1 amide bonds. The minimum atomic E-state index is -0.253. The fourth-order valence-electron chi connectivity index (χ4n) is 4.53. The molecule has 144 valence electrons. The van der Waals surface area contributed by atoms with E-state index in [2.05, 4.69) is 15.6 Å². The fraction of sp³-hybridized carbons (Fsp3) is 0.350. The summed E-state index contributed by atoms with van der Waals surface area (Å²) in [5, 5.41) is 7.02. The monoisotopic (exact) mass is 397 g/mol. The Bertz CT molecular complexity index is 1120. The number of nitrogens with one attached hydrogen (secondary N) is 2. The highest BCUT2D eigenvalue weighted by Gasteiger charge is 2.37. The first kappa shape index (κ1) is 17.5. The van der Waals surface area contributed by atoms with E-state index in [4.69, 9.17) is 11.6 Å². The number of halogens is 1. The van der Waals surface area contributed by atoms with Crippen molar-refractivity contribution in [3.63, 3.8) is 0 Å². The summed E-state index contributed by atoms with van der Waals surface area (Å²) in [6, 6.07) is 8.88. The first-order chi connectivity index (χ1) is 13.6. The third-order valence-electron chi connectivity index (χ3n) is 5.82. The molecular formula is C20H20ClN5O2. The van der Waals surface area contributed by atoms with Gasteiger partial charge < -0.3 is 19.6 Å². The summed E-state index contributed by atoms with van der Waals surface area (Å²) in [5.41, 5.74) is 2.04. The number of piperidine rings is 1. The van der Waals surface area contributed by atoms with Gasteiger partial charge in [0.1, 0.15) is 11.3 Å². The van der Waals surface area contributed by atoms with E-state index in [9.17, 15) is 9.59 Å². The van der Waals surface area contributed by atoms with Crippen LogP contribution in [0, 0.1) is 5.92 Å². The number of carbonyl (C=O) groups excluding carboxylic acids is 1. The Hall–Kier alpha value is -2.64. The van der Waals surface area contributed by atoms with Crippen molar-refractivity contribution in [3.8, 4) is 0 Å². The van der Waals surface area contributed by atoms with Gasteiger partial charge in [-0.3, -0.25) is 9.59 Å². The van der Waals surface area contributed by atoms with Crippen molar-refractivity contribution in [1.29, 1.82) is 0 Å². The van der Waals surface area contributed by atoms with Crippen molar-refractivity contribution in [2.75, 3.05) is 19.6 Å². The highest BCUT2D eigenvalue weighted by molar-refractivity contribution is 6.30. The standard InChI is InChI=1S/C20H20ClN5O2/c21-14-4-5-18-24-15(11-25(18)10-14)20(28)23-9-17-13-6-12(7-22-8-13)16-2-1-3-19(27)26(16)17/h1-5,10-13,17,22H,6-9H2,(H,23,28)/t12-,13+,17+/m1/s1. The summed E-state index contributed by atoms with van der Waals surface area (Å²) in [6.45, 7) is 2.14. The van der Waals surface area contributed by atoms with Gasteiger partial charge in [0.05, 0.1) is 11.1 Å². The minimum absolute atomic E-state index is 0.00396. The molecule has 0 radical (unpaired) electrons. The van der Waals surface area contributed by atoms with E-state index in [1.54, 1.807) is 35.0 Å². The van der Waals surface area contributed by atoms with E-state index in [0.717, 1.165) is 25.2 Å². The molecule has 5 heterocycles. The van der Waals surface area contributed by atoms with Gasteiger partial charge in [-0.2, -0.15) is 0 Å². The number of amides is 1. The molecule has 3 aromatic rings. The molecule has 0 aliphatic carbocycles. The second-order valence-electron chi connectivity index (χ2n) is 7.53. The molecule has 2 aliphatic heterocycles. The molecule has 1 saturated heterocycles. The minimum Gasteiger partial charge on any atom is -0.349 e. The van der Waals surface area contributed by atoms with E-state index < -0.39 is 0 Å². The van der Waals surface area contributed by atoms with Gasteiger partial charge in [0, 0.05) is 49.7 Å². The number of rotatable bonds is 3. The van der Waals surface area contributed by atoms with Crippen LogP contribution in [0.4, 0.5) is 0 Å². The third-order valence-corrected chi connectivity index (χ3v) is 6.04. The zero-order valence-corrected chi connectivity index (χ0v) is 15.9. The van der Waals surface area contributed by atoms with Gasteiger partial charge in [-0.05, 0) is 30.5 Å². The molecule has 3 atom stereocenters. The lowest BCUT2D eigenvalue weighted by Crippen LogP contribution is -2.50. The van der Waals surface area contributed by atoms with Crippen LogP contribution in [0.15, 0.2) is 47.5 Å². The van der Waals surface area contributed by atoms with Gasteiger partial charge in [-0.15, -0.1) is 0 Å². The molecule has 8 heteroatoms. The predicted octanol–water partition coefficient (Wildman–Crippen LogP) is 1.83. The molecule has 2 aliphatic rings. The molecular weight excluding hydrogens is 378 g/mol. The maximum absolute atomic E-state index is 12.7. The topological polar surface area (TPSA) is 80.4 Å². The number of aromatic nitrogens is 3. The Morgan fingerprint density at radius 3 is 3.04 bits per heavy atom. The fourth-order valence-corrected chi connectivity index (χ4v) is 4.70. The van der Waals surface area contributed by atoms with Crippen LogP contribution in [0.2, 0.25) is 5.02 Å². The second kappa shape index (κ2) is 6.76. The number of pyridine rings is 2. The third kappa shape index (κ3) is 2.91. The smallest absolute Gasteiger partial charge is 0.271 e. The number of hydrogen-bond acceptors (Lipinski definition) is 4. The quantitative estimate of drug-likeness (QED) is 0.706. The number of nitrogens with zero attached hydrogens (tertiary/aromatic N) is 3. The van der Waals surface area contributed by atoms with Crippen molar-refractivity contribution < 1.29 is 4.79 Å². The maximum atomic E-state index is 12.7. The van der Waals surface area contributed by atoms with Crippen LogP contribution in [0.3, 0.4) is 0 Å². The van der Waals surface area contributed by atoms with Gasteiger partial charge in [0.2, 0.25) is 0 Å². The molecule has 28 heavy (non-hydrogen) atoms. The molecule has 0 spiro atoms. The maximum Gasteiger partial charge on any atom is 0.271 e. The number of fused-ring (bicyclic) bond motifs is 5. The van der Waals surface area contributed by atoms with E-state index in [-0.39, 0.29) is 17.5 Å². The summed E-state index contributed by atoms with van der Waals surface area (Å²) in [4.78, 5) is 29.6. The van der Waals surface area contributed by atoms with Gasteiger partial charge >= 0.3 is 0 Å². The average Bonchev–Trinajstić information content (AvgIpc) is 3.12. The Kier molecular flexibility index (Phi) is 4.21. The van der Waals surface area contributed by atoms with Crippen LogP contribution in [-0.2, 0) is 0 Å². The first-order valence-corrected chi connectivity index (χ1v) is 9.82. The number of carbonyl (C=O) groups is 1. The van der Waals surface area contributed by atoms with Gasteiger partial charge in [-0.1, -0.05) is 17.7 Å². The summed E-state index contributed by atoms with van der Waals surface area (Å²) in [5.74, 6) is 0.408. The Morgan fingerprint density at radius 2 is 2.14 bits per heavy atom. The molecule has 7 nitrogen and oxygen atoms in total. The van der Waals surface area contributed by atoms with Crippen LogP contribution in [0.1, 0.15) is 34.6 Å². The molecule has 2 N–H and O–H groups in total. The largest absolute Gasteiger partial charge is 0.349 e. The summed E-state index contributed by atoms with van der Waals surface area (Å²) >= 11 is 5.99. The number of hydrogen-bond donors (Lipinski definition) is 2. The highest BCUT2D eigenvalue weighted by Crippen LogP contribution is 2.38. The van der Waals surface area contributed by atoms with Crippen LogP contribution < -0.4 is 16.2 Å². The van der Waals surface area contributed by atoms with E-state index in [0.29, 0.717) is 34.7 Å². The lowest BCUT2D eigenvalue weighted by molar-refractivity contribution is 0.0928. The van der Waals surface area contributed by atoms with Gasteiger partial charge in [0.15, 0.2) is 0 Å². The van der Waals surface area contributed by atoms with Crippen molar-refractivity contribution in [3.05, 3.63) is 69.5 Å². The summed E-state index contributed by atoms with van der Waals surface area (Å²) in [6.07, 6.45) is 4.41. The predicted molar refractivity (Wildman–Crippen MR) is 106 cm³/mol. The zero-order valence-electron chi connectivity index (χ0n) is 15.1. The van der Waals surface area contributed by atoms with E-state index in [1.807, 2.05) is 16.7 Å². The lowest BCUT2D eigenvalue weighted by atomic mass is 9.79. The number of imidazole rings is 1. The van der Waals surface area contributed by atoms with E-state index in [1.165, 1.54) is 0 Å². The molecule has 0 unspecified atom stereocenters. The Morgan fingerprint density at radius 1 is 1.25 bits per heavy atom. The molecule has 1 fully saturated rings. The average molecular weight is 398 g/mol.